The van der Waals surface area contributed by atoms with Crippen LogP contribution in [0.5, 0.6) is 0 Å². The van der Waals surface area contributed by atoms with Crippen LogP contribution in [0, 0.1) is 5.41 Å². The Morgan fingerprint density at radius 3 is 2.56 bits per heavy atom. The van der Waals surface area contributed by atoms with Crippen molar-refractivity contribution in [2.24, 2.45) is 5.41 Å². The van der Waals surface area contributed by atoms with Crippen LogP contribution in [0.1, 0.15) is 39.5 Å². The van der Waals surface area contributed by atoms with Gasteiger partial charge in [0.05, 0.1) is 0 Å². The van der Waals surface area contributed by atoms with E-state index in [1.54, 1.807) is 0 Å². The molecule has 1 N–H and O–H groups in total. The highest BCUT2D eigenvalue weighted by Gasteiger charge is 2.32. The Morgan fingerprint density at radius 2 is 2.00 bits per heavy atom. The minimum Gasteiger partial charge on any atom is -0.313 e. The predicted octanol–water partition coefficient (Wildman–Crippen LogP) is 3.80. The fourth-order valence-electron chi connectivity index (χ4n) is 2.27. The molecule has 0 amide bonds. The molecule has 0 radical (unpaired) electrons. The van der Waals surface area contributed by atoms with E-state index >= 15 is 0 Å². The quantitative estimate of drug-likeness (QED) is 0.767. The fourth-order valence-corrected chi connectivity index (χ4v) is 2.72. The molecule has 0 aliphatic heterocycles. The number of alkyl halides is 3. The second-order valence-corrected chi connectivity index (χ2v) is 6.20. The SMILES string of the molecule is CC1(C)CCCCC1NCCSC(F)(F)F. The fraction of sp³-hybridized carbons (Fsp3) is 1.00. The molecule has 1 atom stereocenters. The number of halogens is 3. The summed E-state index contributed by atoms with van der Waals surface area (Å²) in [6, 6.07) is 0.370. The second-order valence-electron chi connectivity index (χ2n) is 5.04. The van der Waals surface area contributed by atoms with Crippen LogP contribution < -0.4 is 5.32 Å². The molecule has 0 saturated heterocycles. The van der Waals surface area contributed by atoms with Crippen LogP contribution in [0.2, 0.25) is 0 Å². The van der Waals surface area contributed by atoms with Crippen molar-refractivity contribution in [2.75, 3.05) is 12.3 Å². The topological polar surface area (TPSA) is 12.0 Å². The molecule has 1 fully saturated rings. The van der Waals surface area contributed by atoms with E-state index < -0.39 is 5.51 Å². The first-order chi connectivity index (χ1) is 7.31. The molecule has 16 heavy (non-hydrogen) atoms. The zero-order chi connectivity index (χ0) is 12.2. The average Bonchev–Trinajstić information content (AvgIpc) is 2.12. The highest BCUT2D eigenvalue weighted by molar-refractivity contribution is 8.00. The van der Waals surface area contributed by atoms with Crippen molar-refractivity contribution < 1.29 is 13.2 Å². The maximum Gasteiger partial charge on any atom is 0.441 e. The van der Waals surface area contributed by atoms with Gasteiger partial charge in [0, 0.05) is 18.3 Å². The van der Waals surface area contributed by atoms with Crippen LogP contribution in [0.25, 0.3) is 0 Å². The summed E-state index contributed by atoms with van der Waals surface area (Å²) in [5.41, 5.74) is -3.87. The molecule has 0 bridgehead atoms. The van der Waals surface area contributed by atoms with Gasteiger partial charge >= 0.3 is 5.51 Å². The molecule has 1 aliphatic carbocycles. The van der Waals surface area contributed by atoms with Gasteiger partial charge in [-0.2, -0.15) is 13.2 Å². The van der Waals surface area contributed by atoms with Crippen molar-refractivity contribution in [1.29, 1.82) is 0 Å². The zero-order valence-electron chi connectivity index (χ0n) is 9.86. The van der Waals surface area contributed by atoms with E-state index in [1.165, 1.54) is 12.8 Å². The molecule has 0 aromatic heterocycles. The summed E-state index contributed by atoms with van der Waals surface area (Å²) in [4.78, 5) is 0. The summed E-state index contributed by atoms with van der Waals surface area (Å²) in [5, 5.41) is 3.26. The number of hydrogen-bond donors (Lipinski definition) is 1. The molecule has 0 aromatic rings. The Labute approximate surface area is 99.6 Å². The highest BCUT2D eigenvalue weighted by Crippen LogP contribution is 2.35. The predicted molar refractivity (Wildman–Crippen MR) is 62.6 cm³/mol. The van der Waals surface area contributed by atoms with Crippen molar-refractivity contribution in [1.82, 2.24) is 5.32 Å². The Kier molecular flexibility index (Phi) is 4.98. The van der Waals surface area contributed by atoms with Crippen molar-refractivity contribution >= 4 is 11.8 Å². The average molecular weight is 255 g/mol. The number of rotatable bonds is 4. The van der Waals surface area contributed by atoms with Crippen molar-refractivity contribution in [3.8, 4) is 0 Å². The number of nitrogens with one attached hydrogen (secondary N) is 1. The first kappa shape index (κ1) is 14.2. The van der Waals surface area contributed by atoms with Crippen LogP contribution in [0.15, 0.2) is 0 Å². The van der Waals surface area contributed by atoms with Gasteiger partial charge in [0.25, 0.3) is 0 Å². The molecule has 1 unspecified atom stereocenters. The minimum atomic E-state index is -4.09. The van der Waals surface area contributed by atoms with Crippen LogP contribution in [-0.2, 0) is 0 Å². The van der Waals surface area contributed by atoms with E-state index in [9.17, 15) is 13.2 Å². The van der Waals surface area contributed by atoms with Gasteiger partial charge in [-0.05, 0) is 30.0 Å². The smallest absolute Gasteiger partial charge is 0.313 e. The highest BCUT2D eigenvalue weighted by atomic mass is 32.2. The number of thioether (sulfide) groups is 1. The Bertz CT molecular complexity index is 216. The van der Waals surface area contributed by atoms with Crippen molar-refractivity contribution in [3.05, 3.63) is 0 Å². The molecule has 0 spiro atoms. The van der Waals surface area contributed by atoms with Crippen molar-refractivity contribution in [3.63, 3.8) is 0 Å². The third kappa shape index (κ3) is 4.95. The third-order valence-electron chi connectivity index (χ3n) is 3.27. The summed E-state index contributed by atoms with van der Waals surface area (Å²) in [7, 11) is 0. The summed E-state index contributed by atoms with van der Waals surface area (Å²) < 4.78 is 35.7. The molecular formula is C11H20F3NS. The molecule has 1 aliphatic rings. The maximum absolute atomic E-state index is 11.9. The van der Waals surface area contributed by atoms with E-state index in [4.69, 9.17) is 0 Å². The summed E-state index contributed by atoms with van der Waals surface area (Å²) >= 11 is 0.0598. The van der Waals surface area contributed by atoms with Crippen LogP contribution in [-0.4, -0.2) is 23.8 Å². The van der Waals surface area contributed by atoms with E-state index in [2.05, 4.69) is 19.2 Å². The minimum absolute atomic E-state index is 0.0598. The number of hydrogen-bond acceptors (Lipinski definition) is 2. The van der Waals surface area contributed by atoms with Gasteiger partial charge in [0.15, 0.2) is 0 Å². The molecule has 1 rings (SSSR count). The standard InChI is InChI=1S/C11H20F3NS/c1-10(2)6-4-3-5-9(10)15-7-8-16-11(12,13)14/h9,15H,3-8H2,1-2H3. The first-order valence-electron chi connectivity index (χ1n) is 5.75. The lowest BCUT2D eigenvalue weighted by Crippen LogP contribution is -2.45. The molecule has 0 heterocycles. The largest absolute Gasteiger partial charge is 0.441 e. The summed E-state index contributed by atoms with van der Waals surface area (Å²) in [6.45, 7) is 4.83. The lowest BCUT2D eigenvalue weighted by atomic mass is 9.73. The normalized spacial score (nSPS) is 25.7. The summed E-state index contributed by atoms with van der Waals surface area (Å²) in [6.07, 6.45) is 4.68. The van der Waals surface area contributed by atoms with Gasteiger partial charge in [-0.25, -0.2) is 0 Å². The Morgan fingerprint density at radius 1 is 1.31 bits per heavy atom. The van der Waals surface area contributed by atoms with Gasteiger partial charge in [-0.1, -0.05) is 26.7 Å². The molecule has 5 heteroatoms. The first-order valence-corrected chi connectivity index (χ1v) is 6.74. The van der Waals surface area contributed by atoms with Crippen molar-refractivity contribution in [2.45, 2.75) is 51.1 Å². The molecule has 96 valence electrons. The van der Waals surface area contributed by atoms with E-state index in [-0.39, 0.29) is 22.9 Å². The lowest BCUT2D eigenvalue weighted by molar-refractivity contribution is -0.0327. The van der Waals surface area contributed by atoms with Gasteiger partial charge in [-0.3, -0.25) is 0 Å². The van der Waals surface area contributed by atoms with Gasteiger partial charge in [-0.15, -0.1) is 0 Å². The lowest BCUT2D eigenvalue weighted by Gasteiger charge is -2.39. The second kappa shape index (κ2) is 5.63. The summed E-state index contributed by atoms with van der Waals surface area (Å²) in [5.74, 6) is 0.107. The van der Waals surface area contributed by atoms with Crippen LogP contribution >= 0.6 is 11.8 Å². The Balaban J connectivity index is 2.21. The maximum atomic E-state index is 11.9. The van der Waals surface area contributed by atoms with E-state index in [0.29, 0.717) is 12.6 Å². The molecule has 1 nitrogen and oxygen atoms in total. The third-order valence-corrected chi connectivity index (χ3v) is 4.00. The van der Waals surface area contributed by atoms with E-state index in [1.807, 2.05) is 0 Å². The van der Waals surface area contributed by atoms with Crippen LogP contribution in [0.3, 0.4) is 0 Å². The van der Waals surface area contributed by atoms with Crippen LogP contribution in [0.4, 0.5) is 13.2 Å². The van der Waals surface area contributed by atoms with Gasteiger partial charge in [0.2, 0.25) is 0 Å². The molecule has 0 aromatic carbocycles. The van der Waals surface area contributed by atoms with E-state index in [0.717, 1.165) is 12.8 Å². The Hall–Kier alpha value is 0.100. The molecule has 1 saturated carbocycles. The monoisotopic (exact) mass is 255 g/mol. The van der Waals surface area contributed by atoms with Gasteiger partial charge in [0.1, 0.15) is 0 Å². The molecular weight excluding hydrogens is 235 g/mol. The van der Waals surface area contributed by atoms with Gasteiger partial charge < -0.3 is 5.32 Å². The zero-order valence-corrected chi connectivity index (χ0v) is 10.7.